The van der Waals surface area contributed by atoms with Crippen molar-refractivity contribution in [3.05, 3.63) is 35.1 Å². The SMILES string of the molecule is CCOC(C)(CC)C(O)c1cc(F)ccc1C. The molecule has 2 nitrogen and oxygen atoms in total. The van der Waals surface area contributed by atoms with Gasteiger partial charge in [0.1, 0.15) is 11.9 Å². The minimum atomic E-state index is -0.817. The van der Waals surface area contributed by atoms with Crippen LogP contribution in [-0.2, 0) is 4.74 Å². The Morgan fingerprint density at radius 2 is 2.06 bits per heavy atom. The second-order valence-electron chi connectivity index (χ2n) is 4.50. The van der Waals surface area contributed by atoms with Gasteiger partial charge in [-0.1, -0.05) is 13.0 Å². The zero-order valence-corrected chi connectivity index (χ0v) is 11.0. The van der Waals surface area contributed by atoms with Crippen molar-refractivity contribution < 1.29 is 14.2 Å². The highest BCUT2D eigenvalue weighted by molar-refractivity contribution is 5.30. The molecule has 3 heteroatoms. The predicted molar refractivity (Wildman–Crippen MR) is 66.4 cm³/mol. The third-order valence-electron chi connectivity index (χ3n) is 3.29. The first-order chi connectivity index (χ1) is 7.94. The van der Waals surface area contributed by atoms with E-state index < -0.39 is 11.7 Å². The normalized spacial score (nSPS) is 16.6. The second-order valence-corrected chi connectivity index (χ2v) is 4.50. The Hall–Kier alpha value is -0.930. The Labute approximate surface area is 102 Å². The third kappa shape index (κ3) is 3.05. The summed E-state index contributed by atoms with van der Waals surface area (Å²) in [4.78, 5) is 0. The predicted octanol–water partition coefficient (Wildman–Crippen LogP) is 3.37. The van der Waals surface area contributed by atoms with Crippen LogP contribution in [0.2, 0.25) is 0 Å². The average Bonchev–Trinajstić information content (AvgIpc) is 2.31. The van der Waals surface area contributed by atoms with Gasteiger partial charge in [-0.2, -0.15) is 0 Å². The fourth-order valence-electron chi connectivity index (χ4n) is 1.94. The molecule has 1 N–H and O–H groups in total. The van der Waals surface area contributed by atoms with Crippen molar-refractivity contribution in [3.63, 3.8) is 0 Å². The average molecular weight is 240 g/mol. The van der Waals surface area contributed by atoms with Crippen LogP contribution < -0.4 is 0 Å². The van der Waals surface area contributed by atoms with Gasteiger partial charge in [-0.15, -0.1) is 0 Å². The van der Waals surface area contributed by atoms with Crippen LogP contribution in [0.3, 0.4) is 0 Å². The summed E-state index contributed by atoms with van der Waals surface area (Å²) in [6.07, 6.45) is -0.152. The summed E-state index contributed by atoms with van der Waals surface area (Å²) in [5.41, 5.74) is 0.800. The van der Waals surface area contributed by atoms with Gasteiger partial charge in [0, 0.05) is 6.61 Å². The molecule has 0 heterocycles. The second kappa shape index (κ2) is 5.61. The molecule has 0 fully saturated rings. The maximum absolute atomic E-state index is 13.2. The monoisotopic (exact) mass is 240 g/mol. The fraction of sp³-hybridized carbons (Fsp3) is 0.571. The summed E-state index contributed by atoms with van der Waals surface area (Å²) >= 11 is 0. The van der Waals surface area contributed by atoms with Crippen LogP contribution in [0.4, 0.5) is 4.39 Å². The van der Waals surface area contributed by atoms with Crippen molar-refractivity contribution in [1.82, 2.24) is 0 Å². The molecule has 0 amide bonds. The lowest BCUT2D eigenvalue weighted by molar-refractivity contribution is -0.113. The van der Waals surface area contributed by atoms with Gasteiger partial charge in [-0.3, -0.25) is 0 Å². The van der Waals surface area contributed by atoms with E-state index in [9.17, 15) is 9.50 Å². The Morgan fingerprint density at radius 1 is 1.41 bits per heavy atom. The number of halogens is 1. The molecule has 0 aliphatic carbocycles. The summed E-state index contributed by atoms with van der Waals surface area (Å²) in [6.45, 7) is 8.08. The van der Waals surface area contributed by atoms with Gasteiger partial charge in [0.2, 0.25) is 0 Å². The molecule has 0 aromatic heterocycles. The van der Waals surface area contributed by atoms with Crippen molar-refractivity contribution in [3.8, 4) is 0 Å². The van der Waals surface area contributed by atoms with E-state index in [0.717, 1.165) is 5.56 Å². The quantitative estimate of drug-likeness (QED) is 0.855. The molecule has 0 radical (unpaired) electrons. The lowest BCUT2D eigenvalue weighted by atomic mass is 9.88. The molecule has 1 aromatic rings. The molecule has 2 atom stereocenters. The van der Waals surface area contributed by atoms with Crippen molar-refractivity contribution in [1.29, 1.82) is 0 Å². The lowest BCUT2D eigenvalue weighted by Gasteiger charge is -2.34. The van der Waals surface area contributed by atoms with Gasteiger partial charge >= 0.3 is 0 Å². The molecule has 0 aliphatic rings. The Morgan fingerprint density at radius 3 is 2.59 bits per heavy atom. The van der Waals surface area contributed by atoms with E-state index >= 15 is 0 Å². The number of hydrogen-bond acceptors (Lipinski definition) is 2. The number of benzene rings is 1. The first kappa shape index (κ1) is 14.1. The highest BCUT2D eigenvalue weighted by Gasteiger charge is 2.34. The van der Waals surface area contributed by atoms with Crippen molar-refractivity contribution in [2.45, 2.75) is 45.8 Å². The van der Waals surface area contributed by atoms with Crippen LogP contribution in [0, 0.1) is 12.7 Å². The topological polar surface area (TPSA) is 29.5 Å². The molecule has 0 saturated carbocycles. The van der Waals surface area contributed by atoms with Gasteiger partial charge in [0.25, 0.3) is 0 Å². The third-order valence-corrected chi connectivity index (χ3v) is 3.29. The van der Waals surface area contributed by atoms with Crippen LogP contribution in [0.5, 0.6) is 0 Å². The number of rotatable bonds is 5. The standard InChI is InChI=1S/C14H21FO2/c1-5-14(4,17-6-2)13(16)12-9-11(15)8-7-10(12)3/h7-9,13,16H,5-6H2,1-4H3. The Kier molecular flexibility index (Phi) is 4.66. The van der Waals surface area contributed by atoms with Crippen LogP contribution in [0.25, 0.3) is 0 Å². The van der Waals surface area contributed by atoms with Gasteiger partial charge in [-0.25, -0.2) is 4.39 Å². The summed E-state index contributed by atoms with van der Waals surface area (Å²) in [6, 6.07) is 4.46. The molecule has 0 spiro atoms. The van der Waals surface area contributed by atoms with Crippen LogP contribution in [0.1, 0.15) is 44.4 Å². The van der Waals surface area contributed by atoms with E-state index in [1.807, 2.05) is 27.7 Å². The molecule has 0 bridgehead atoms. The molecule has 96 valence electrons. The van der Waals surface area contributed by atoms with Crippen molar-refractivity contribution in [2.24, 2.45) is 0 Å². The minimum Gasteiger partial charge on any atom is -0.385 e. The fourth-order valence-corrected chi connectivity index (χ4v) is 1.94. The van der Waals surface area contributed by atoms with Crippen molar-refractivity contribution >= 4 is 0 Å². The zero-order valence-electron chi connectivity index (χ0n) is 11.0. The molecular formula is C14H21FO2. The first-order valence-corrected chi connectivity index (χ1v) is 6.02. The van der Waals surface area contributed by atoms with Gasteiger partial charge in [-0.05, 0) is 50.5 Å². The largest absolute Gasteiger partial charge is 0.385 e. The van der Waals surface area contributed by atoms with Crippen molar-refractivity contribution in [2.75, 3.05) is 6.61 Å². The van der Waals surface area contributed by atoms with Crippen LogP contribution in [-0.4, -0.2) is 17.3 Å². The first-order valence-electron chi connectivity index (χ1n) is 6.02. The molecule has 1 rings (SSSR count). The highest BCUT2D eigenvalue weighted by Crippen LogP contribution is 2.33. The summed E-state index contributed by atoms with van der Waals surface area (Å²) in [5.74, 6) is -0.334. The van der Waals surface area contributed by atoms with Crippen LogP contribution >= 0.6 is 0 Å². The van der Waals surface area contributed by atoms with Gasteiger partial charge in [0.05, 0.1) is 5.60 Å². The van der Waals surface area contributed by atoms with E-state index in [1.165, 1.54) is 12.1 Å². The molecule has 17 heavy (non-hydrogen) atoms. The number of ether oxygens (including phenoxy) is 1. The van der Waals surface area contributed by atoms with E-state index in [1.54, 1.807) is 6.07 Å². The molecule has 1 aromatic carbocycles. The summed E-state index contributed by atoms with van der Waals surface area (Å²) < 4.78 is 18.9. The number of aryl methyl sites for hydroxylation is 1. The number of hydrogen-bond donors (Lipinski definition) is 1. The van der Waals surface area contributed by atoms with E-state index in [0.29, 0.717) is 18.6 Å². The minimum absolute atomic E-state index is 0.334. The Balaban J connectivity index is 3.09. The zero-order chi connectivity index (χ0) is 13.1. The summed E-state index contributed by atoms with van der Waals surface area (Å²) in [7, 11) is 0. The Bertz CT molecular complexity index is 378. The van der Waals surface area contributed by atoms with E-state index in [4.69, 9.17) is 4.74 Å². The number of aliphatic hydroxyl groups excluding tert-OH is 1. The van der Waals surface area contributed by atoms with Gasteiger partial charge in [0.15, 0.2) is 0 Å². The van der Waals surface area contributed by atoms with E-state index in [-0.39, 0.29) is 5.82 Å². The highest BCUT2D eigenvalue weighted by atomic mass is 19.1. The summed E-state index contributed by atoms with van der Waals surface area (Å²) in [5, 5.41) is 10.4. The van der Waals surface area contributed by atoms with Gasteiger partial charge < -0.3 is 9.84 Å². The lowest BCUT2D eigenvalue weighted by Crippen LogP contribution is -2.36. The molecule has 0 saturated heterocycles. The smallest absolute Gasteiger partial charge is 0.123 e. The van der Waals surface area contributed by atoms with Crippen LogP contribution in [0.15, 0.2) is 18.2 Å². The molecular weight excluding hydrogens is 219 g/mol. The molecule has 0 aliphatic heterocycles. The van der Waals surface area contributed by atoms with E-state index in [2.05, 4.69) is 0 Å². The maximum atomic E-state index is 13.2. The maximum Gasteiger partial charge on any atom is 0.123 e. The number of aliphatic hydroxyl groups is 1. The molecule has 2 unspecified atom stereocenters.